The minimum Gasteiger partial charge on any atom is -0.462 e. The number of allylic oxidation sites excluding steroid dienone is 14. The summed E-state index contributed by atoms with van der Waals surface area (Å²) in [7, 11) is 0. The molecule has 10 heteroatoms. The van der Waals surface area contributed by atoms with Crippen LogP contribution in [0.5, 0.6) is 0 Å². The standard InChI is InChI=1S/C51H84O10/c1-3-5-7-9-11-13-15-17-18-19-20-21-22-23-24-25-26-28-29-31-33-35-37-39-46(53)58-42-44(43-59-51-50(57)49(56)48(55)45(41-52)61-51)60-47(54)40-38-36-34-32-30-27-16-14-12-10-8-6-4-2/h5-8,10-14,16-18,27,30,44-45,48-52,55-57H,3-4,9,15,19-26,28-29,31-43H2,1-2H3/b7-5+,8-6+,12-10+,13-11+,16-14+,18-17+,30-27+/t44?,45-,48+,49?,50?,51-/m0/s1. The minimum absolute atomic E-state index is 0.180. The number of esters is 2. The highest BCUT2D eigenvalue weighted by atomic mass is 16.7. The summed E-state index contributed by atoms with van der Waals surface area (Å²) in [6.07, 6.45) is 46.0. The Labute approximate surface area is 369 Å². The highest BCUT2D eigenvalue weighted by Gasteiger charge is 2.44. The van der Waals surface area contributed by atoms with E-state index in [-0.39, 0.29) is 26.1 Å². The average Bonchev–Trinajstić information content (AvgIpc) is 3.26. The third-order valence-electron chi connectivity index (χ3n) is 10.4. The van der Waals surface area contributed by atoms with Crippen molar-refractivity contribution >= 4 is 11.9 Å². The third-order valence-corrected chi connectivity index (χ3v) is 10.4. The number of aliphatic hydroxyl groups is 4. The molecule has 3 unspecified atom stereocenters. The predicted octanol–water partition coefficient (Wildman–Crippen LogP) is 10.6. The van der Waals surface area contributed by atoms with E-state index in [4.69, 9.17) is 18.9 Å². The lowest BCUT2D eigenvalue weighted by atomic mass is 9.99. The molecule has 348 valence electrons. The van der Waals surface area contributed by atoms with Crippen LogP contribution in [-0.2, 0) is 28.5 Å². The van der Waals surface area contributed by atoms with Crippen LogP contribution < -0.4 is 0 Å². The lowest BCUT2D eigenvalue weighted by molar-refractivity contribution is -0.305. The number of aliphatic hydroxyl groups excluding tert-OH is 4. The van der Waals surface area contributed by atoms with Crippen molar-refractivity contribution in [3.63, 3.8) is 0 Å². The fourth-order valence-electron chi connectivity index (χ4n) is 6.68. The SMILES string of the molecule is CC/C=C/C=C/C=C/C=C/CCCCCC(=O)OC(COC(=O)CCCCCCCCCCCCCCC/C=C/C/C=C/C/C=C/CC)CO[C@H]1O[C@@H](CO)[C@@H](O)C(O)C1O. The molecule has 1 saturated heterocycles. The van der Waals surface area contributed by atoms with Crippen LogP contribution in [0.25, 0.3) is 0 Å². The fraction of sp³-hybridized carbons (Fsp3) is 0.686. The van der Waals surface area contributed by atoms with Crippen LogP contribution >= 0.6 is 0 Å². The van der Waals surface area contributed by atoms with Gasteiger partial charge in [-0.1, -0.05) is 176 Å². The van der Waals surface area contributed by atoms with E-state index in [2.05, 4.69) is 62.5 Å². The Morgan fingerprint density at radius 3 is 1.59 bits per heavy atom. The molecule has 0 bridgehead atoms. The van der Waals surface area contributed by atoms with E-state index in [1.165, 1.54) is 64.2 Å². The first-order valence-corrected chi connectivity index (χ1v) is 23.7. The second-order valence-corrected chi connectivity index (χ2v) is 15.9. The number of unbranched alkanes of at least 4 members (excludes halogenated alkanes) is 16. The molecule has 0 spiro atoms. The minimum atomic E-state index is -1.61. The van der Waals surface area contributed by atoms with Crippen molar-refractivity contribution in [2.75, 3.05) is 19.8 Å². The van der Waals surface area contributed by atoms with Gasteiger partial charge in [-0.3, -0.25) is 9.59 Å². The van der Waals surface area contributed by atoms with Crippen molar-refractivity contribution in [1.82, 2.24) is 0 Å². The van der Waals surface area contributed by atoms with E-state index in [9.17, 15) is 30.0 Å². The van der Waals surface area contributed by atoms with Gasteiger partial charge in [-0.15, -0.1) is 0 Å². The van der Waals surface area contributed by atoms with Crippen LogP contribution in [0.15, 0.2) is 85.1 Å². The van der Waals surface area contributed by atoms with Gasteiger partial charge in [0.25, 0.3) is 0 Å². The van der Waals surface area contributed by atoms with Crippen LogP contribution in [0, 0.1) is 0 Å². The monoisotopic (exact) mass is 857 g/mol. The van der Waals surface area contributed by atoms with Crippen molar-refractivity contribution in [1.29, 1.82) is 0 Å². The van der Waals surface area contributed by atoms with Crippen LogP contribution in [0.1, 0.15) is 168 Å². The molecule has 0 aromatic heterocycles. The van der Waals surface area contributed by atoms with Crippen molar-refractivity contribution in [2.24, 2.45) is 0 Å². The molecule has 4 N–H and O–H groups in total. The molecule has 1 fully saturated rings. The molecule has 0 aromatic carbocycles. The van der Waals surface area contributed by atoms with E-state index in [1.54, 1.807) is 0 Å². The molecule has 61 heavy (non-hydrogen) atoms. The molecular formula is C51H84O10. The Morgan fingerprint density at radius 1 is 0.525 bits per heavy atom. The van der Waals surface area contributed by atoms with Gasteiger partial charge in [0.15, 0.2) is 12.4 Å². The number of hydrogen-bond donors (Lipinski definition) is 4. The summed E-state index contributed by atoms with van der Waals surface area (Å²) in [4.78, 5) is 25.3. The summed E-state index contributed by atoms with van der Waals surface area (Å²) in [6, 6.07) is 0. The first-order chi connectivity index (χ1) is 29.8. The Morgan fingerprint density at radius 2 is 1.00 bits per heavy atom. The number of carbonyl (C=O) groups is 2. The van der Waals surface area contributed by atoms with Crippen molar-refractivity contribution in [2.45, 2.75) is 205 Å². The molecule has 1 heterocycles. The molecule has 1 aliphatic heterocycles. The van der Waals surface area contributed by atoms with E-state index < -0.39 is 55.4 Å². The number of ether oxygens (including phenoxy) is 4. The van der Waals surface area contributed by atoms with Crippen molar-refractivity contribution < 1.29 is 49.0 Å². The van der Waals surface area contributed by atoms with Crippen LogP contribution in [0.4, 0.5) is 0 Å². The lowest BCUT2D eigenvalue weighted by Crippen LogP contribution is -2.59. The largest absolute Gasteiger partial charge is 0.462 e. The van der Waals surface area contributed by atoms with Crippen LogP contribution in [0.3, 0.4) is 0 Å². The Bertz CT molecular complexity index is 1270. The first-order valence-electron chi connectivity index (χ1n) is 23.7. The second kappa shape index (κ2) is 40.9. The number of carbonyl (C=O) groups excluding carboxylic acids is 2. The Hall–Kier alpha value is -3.12. The predicted molar refractivity (Wildman–Crippen MR) is 247 cm³/mol. The Balaban J connectivity index is 2.27. The van der Waals surface area contributed by atoms with E-state index >= 15 is 0 Å². The third kappa shape index (κ3) is 32.3. The second-order valence-electron chi connectivity index (χ2n) is 15.9. The van der Waals surface area contributed by atoms with Crippen LogP contribution in [-0.4, -0.2) is 89.0 Å². The van der Waals surface area contributed by atoms with Crippen LogP contribution in [0.2, 0.25) is 0 Å². The van der Waals surface area contributed by atoms with Gasteiger partial charge >= 0.3 is 11.9 Å². The van der Waals surface area contributed by atoms with E-state index in [0.717, 1.165) is 64.2 Å². The van der Waals surface area contributed by atoms with E-state index in [0.29, 0.717) is 12.8 Å². The molecular weight excluding hydrogens is 773 g/mol. The highest BCUT2D eigenvalue weighted by molar-refractivity contribution is 5.70. The summed E-state index contributed by atoms with van der Waals surface area (Å²) in [5.74, 6) is -0.859. The fourth-order valence-corrected chi connectivity index (χ4v) is 6.68. The molecule has 10 nitrogen and oxygen atoms in total. The molecule has 1 rings (SSSR count). The summed E-state index contributed by atoms with van der Waals surface area (Å²) in [5.41, 5.74) is 0. The lowest BCUT2D eigenvalue weighted by Gasteiger charge is -2.39. The summed E-state index contributed by atoms with van der Waals surface area (Å²) >= 11 is 0. The molecule has 0 aliphatic carbocycles. The first kappa shape index (κ1) is 55.9. The molecule has 0 amide bonds. The topological polar surface area (TPSA) is 152 Å². The zero-order valence-corrected chi connectivity index (χ0v) is 37.9. The summed E-state index contributed by atoms with van der Waals surface area (Å²) in [5, 5.41) is 40.1. The van der Waals surface area contributed by atoms with Gasteiger partial charge in [0.05, 0.1) is 13.2 Å². The van der Waals surface area contributed by atoms with Gasteiger partial charge in [0.1, 0.15) is 31.0 Å². The van der Waals surface area contributed by atoms with Crippen molar-refractivity contribution in [3.8, 4) is 0 Å². The molecule has 0 saturated carbocycles. The number of rotatable bonds is 38. The van der Waals surface area contributed by atoms with Gasteiger partial charge in [0, 0.05) is 12.8 Å². The zero-order valence-electron chi connectivity index (χ0n) is 37.9. The van der Waals surface area contributed by atoms with Gasteiger partial charge in [0.2, 0.25) is 0 Å². The molecule has 0 radical (unpaired) electrons. The normalized spacial score (nSPS) is 20.5. The quantitative estimate of drug-likeness (QED) is 0.0204. The highest BCUT2D eigenvalue weighted by Crippen LogP contribution is 2.22. The van der Waals surface area contributed by atoms with Crippen molar-refractivity contribution in [3.05, 3.63) is 85.1 Å². The average molecular weight is 857 g/mol. The van der Waals surface area contributed by atoms with Gasteiger partial charge < -0.3 is 39.4 Å². The smallest absolute Gasteiger partial charge is 0.306 e. The molecule has 6 atom stereocenters. The molecule has 1 aliphatic rings. The van der Waals surface area contributed by atoms with Gasteiger partial charge in [-0.2, -0.15) is 0 Å². The maximum Gasteiger partial charge on any atom is 0.306 e. The number of hydrogen-bond acceptors (Lipinski definition) is 10. The molecule has 0 aromatic rings. The maximum atomic E-state index is 12.7. The van der Waals surface area contributed by atoms with Gasteiger partial charge in [-0.25, -0.2) is 0 Å². The zero-order chi connectivity index (χ0) is 44.4. The Kier molecular flexibility index (Phi) is 37.5. The summed E-state index contributed by atoms with van der Waals surface area (Å²) < 4.78 is 22.1. The maximum absolute atomic E-state index is 12.7. The summed E-state index contributed by atoms with van der Waals surface area (Å²) in [6.45, 7) is 3.12. The van der Waals surface area contributed by atoms with Gasteiger partial charge in [-0.05, 0) is 64.2 Å². The van der Waals surface area contributed by atoms with E-state index in [1.807, 2.05) is 36.5 Å².